The Morgan fingerprint density at radius 2 is 1.92 bits per heavy atom. The van der Waals surface area contributed by atoms with Crippen LogP contribution < -0.4 is 10.1 Å². The van der Waals surface area contributed by atoms with E-state index < -0.39 is 18.3 Å². The summed E-state index contributed by atoms with van der Waals surface area (Å²) in [6.45, 7) is 2.52. The molecule has 1 saturated heterocycles. The van der Waals surface area contributed by atoms with Gasteiger partial charge in [0.05, 0.1) is 7.11 Å². The highest BCUT2D eigenvalue weighted by Crippen LogP contribution is 2.23. The van der Waals surface area contributed by atoms with Gasteiger partial charge < -0.3 is 19.7 Å². The number of carbonyl (C=O) groups excluding carboxylic acids is 2. The van der Waals surface area contributed by atoms with Gasteiger partial charge in [-0.15, -0.1) is 13.2 Å². The van der Waals surface area contributed by atoms with Gasteiger partial charge in [-0.2, -0.15) is 9.97 Å². The smallest absolute Gasteiger partial charge is 0.464 e. The van der Waals surface area contributed by atoms with Crippen LogP contribution in [0.4, 0.5) is 19.0 Å². The van der Waals surface area contributed by atoms with Crippen LogP contribution in [0, 0.1) is 0 Å². The number of alkyl halides is 3. The Labute approximate surface area is 141 Å². The Hall–Kier alpha value is -2.59. The van der Waals surface area contributed by atoms with Crippen molar-refractivity contribution in [1.29, 1.82) is 0 Å². The standard InChI is InChI=1S/C14H17F3N4O4/c1-8(22)21-5-3-9(4-6-21)18-11-7-10(12(23)24-2)19-13(20-11)25-14(15,16)17/h7,9H,3-6H2,1-2H3,(H,18,19,20). The zero-order valence-electron chi connectivity index (χ0n) is 13.6. The van der Waals surface area contributed by atoms with Gasteiger partial charge in [0, 0.05) is 32.1 Å². The Balaban J connectivity index is 2.14. The summed E-state index contributed by atoms with van der Waals surface area (Å²) in [6, 6.07) is 0.0701. The molecule has 1 amide bonds. The van der Waals surface area contributed by atoms with E-state index in [2.05, 4.69) is 24.8 Å². The van der Waals surface area contributed by atoms with Crippen LogP contribution in [0.25, 0.3) is 0 Å². The number of aromatic nitrogens is 2. The van der Waals surface area contributed by atoms with Gasteiger partial charge >= 0.3 is 18.3 Å². The summed E-state index contributed by atoms with van der Waals surface area (Å²) in [5.74, 6) is -0.936. The minimum Gasteiger partial charge on any atom is -0.464 e. The van der Waals surface area contributed by atoms with Gasteiger partial charge in [-0.1, -0.05) is 0 Å². The van der Waals surface area contributed by atoms with Gasteiger partial charge in [-0.25, -0.2) is 4.79 Å². The fourth-order valence-corrected chi connectivity index (χ4v) is 2.41. The van der Waals surface area contributed by atoms with E-state index in [0.29, 0.717) is 25.9 Å². The molecule has 0 spiro atoms. The van der Waals surface area contributed by atoms with E-state index in [0.717, 1.165) is 7.11 Å². The number of amides is 1. The van der Waals surface area contributed by atoms with Crippen LogP contribution in [0.5, 0.6) is 6.01 Å². The molecular weight excluding hydrogens is 345 g/mol. The molecule has 1 aromatic heterocycles. The fourth-order valence-electron chi connectivity index (χ4n) is 2.41. The first-order valence-corrected chi connectivity index (χ1v) is 7.43. The van der Waals surface area contributed by atoms with Gasteiger partial charge in [0.2, 0.25) is 5.91 Å². The number of anilines is 1. The molecule has 0 aromatic carbocycles. The summed E-state index contributed by atoms with van der Waals surface area (Å²) in [5.41, 5.74) is -0.361. The second-order valence-corrected chi connectivity index (χ2v) is 5.39. The largest absolute Gasteiger partial charge is 0.575 e. The van der Waals surface area contributed by atoms with Crippen molar-refractivity contribution in [1.82, 2.24) is 14.9 Å². The number of nitrogens with one attached hydrogen (secondary N) is 1. The number of hydrogen-bond donors (Lipinski definition) is 1. The lowest BCUT2D eigenvalue weighted by atomic mass is 10.1. The highest BCUT2D eigenvalue weighted by atomic mass is 19.4. The molecular formula is C14H17F3N4O4. The maximum absolute atomic E-state index is 12.4. The van der Waals surface area contributed by atoms with Crippen molar-refractivity contribution in [3.05, 3.63) is 11.8 Å². The molecule has 1 N–H and O–H groups in total. The molecule has 1 aromatic rings. The molecule has 138 valence electrons. The van der Waals surface area contributed by atoms with Crippen LogP contribution in [0.15, 0.2) is 6.07 Å². The molecule has 11 heteroatoms. The summed E-state index contributed by atoms with van der Waals surface area (Å²) < 4.78 is 45.3. The van der Waals surface area contributed by atoms with Crippen molar-refractivity contribution in [2.45, 2.75) is 32.2 Å². The maximum atomic E-state index is 12.4. The van der Waals surface area contributed by atoms with Crippen LogP contribution in [-0.4, -0.2) is 59.3 Å². The molecule has 1 fully saturated rings. The van der Waals surface area contributed by atoms with Crippen LogP contribution in [0.2, 0.25) is 0 Å². The van der Waals surface area contributed by atoms with Crippen molar-refractivity contribution >= 4 is 17.7 Å². The summed E-state index contributed by atoms with van der Waals surface area (Å²) in [4.78, 5) is 31.6. The SMILES string of the molecule is COC(=O)c1cc(NC2CCN(C(C)=O)CC2)nc(OC(F)(F)F)n1. The summed E-state index contributed by atoms with van der Waals surface area (Å²) in [7, 11) is 1.08. The molecule has 2 heterocycles. The topological polar surface area (TPSA) is 93.7 Å². The van der Waals surface area contributed by atoms with Crippen molar-refractivity contribution in [3.63, 3.8) is 0 Å². The van der Waals surface area contributed by atoms with Gasteiger partial charge in [-0.05, 0) is 12.8 Å². The number of likely N-dealkylation sites (tertiary alicyclic amines) is 1. The molecule has 0 saturated carbocycles. The van der Waals surface area contributed by atoms with Crippen molar-refractivity contribution in [3.8, 4) is 6.01 Å². The van der Waals surface area contributed by atoms with Crippen molar-refractivity contribution in [2.24, 2.45) is 0 Å². The van der Waals surface area contributed by atoms with Crippen LogP contribution in [0.3, 0.4) is 0 Å². The van der Waals surface area contributed by atoms with Gasteiger partial charge in [0.1, 0.15) is 5.82 Å². The Bertz CT molecular complexity index is 645. The quantitative estimate of drug-likeness (QED) is 0.813. The van der Waals surface area contributed by atoms with Gasteiger partial charge in [0.15, 0.2) is 5.69 Å². The first-order chi connectivity index (χ1) is 11.7. The van der Waals surface area contributed by atoms with E-state index in [-0.39, 0.29) is 23.5 Å². The maximum Gasteiger partial charge on any atom is 0.575 e. The highest BCUT2D eigenvalue weighted by Gasteiger charge is 2.33. The number of esters is 1. The van der Waals surface area contributed by atoms with Crippen molar-refractivity contribution in [2.75, 3.05) is 25.5 Å². The number of carbonyl (C=O) groups is 2. The second kappa shape index (κ2) is 7.53. The third-order valence-electron chi connectivity index (χ3n) is 3.60. The number of methoxy groups -OCH3 is 1. The fraction of sp³-hybridized carbons (Fsp3) is 0.571. The number of ether oxygens (including phenoxy) is 2. The van der Waals surface area contributed by atoms with Gasteiger partial charge in [-0.3, -0.25) is 4.79 Å². The molecule has 0 aliphatic carbocycles. The molecule has 1 aliphatic heterocycles. The second-order valence-electron chi connectivity index (χ2n) is 5.39. The number of piperidine rings is 1. The third-order valence-corrected chi connectivity index (χ3v) is 3.60. The molecule has 8 nitrogen and oxygen atoms in total. The zero-order chi connectivity index (χ0) is 18.6. The number of rotatable bonds is 4. The summed E-state index contributed by atoms with van der Waals surface area (Å²) in [6.07, 6.45) is -3.81. The lowest BCUT2D eigenvalue weighted by Crippen LogP contribution is -2.41. The molecule has 25 heavy (non-hydrogen) atoms. The zero-order valence-corrected chi connectivity index (χ0v) is 13.6. The minimum absolute atomic E-state index is 0.0101. The normalized spacial score (nSPS) is 15.6. The van der Waals surface area contributed by atoms with Gasteiger partial charge in [0.25, 0.3) is 0 Å². The lowest BCUT2D eigenvalue weighted by Gasteiger charge is -2.32. The van der Waals surface area contributed by atoms with E-state index in [1.54, 1.807) is 4.90 Å². The minimum atomic E-state index is -4.99. The summed E-state index contributed by atoms with van der Waals surface area (Å²) in [5, 5.41) is 2.94. The summed E-state index contributed by atoms with van der Waals surface area (Å²) >= 11 is 0. The molecule has 0 unspecified atom stereocenters. The number of nitrogens with zero attached hydrogens (tertiary/aromatic N) is 3. The predicted molar refractivity (Wildman–Crippen MR) is 79.0 cm³/mol. The van der Waals surface area contributed by atoms with Crippen molar-refractivity contribution < 1.29 is 32.2 Å². The van der Waals surface area contributed by atoms with E-state index in [1.807, 2.05) is 0 Å². The molecule has 0 atom stereocenters. The monoisotopic (exact) mass is 362 g/mol. The lowest BCUT2D eigenvalue weighted by molar-refractivity contribution is -0.277. The molecule has 1 aliphatic rings. The number of hydrogen-bond acceptors (Lipinski definition) is 7. The Morgan fingerprint density at radius 3 is 2.44 bits per heavy atom. The Morgan fingerprint density at radius 1 is 1.28 bits per heavy atom. The molecule has 0 bridgehead atoms. The average molecular weight is 362 g/mol. The highest BCUT2D eigenvalue weighted by molar-refractivity contribution is 5.88. The van der Waals surface area contributed by atoms with Crippen LogP contribution in [0.1, 0.15) is 30.3 Å². The van der Waals surface area contributed by atoms with E-state index >= 15 is 0 Å². The number of halogens is 3. The Kier molecular flexibility index (Phi) is 5.65. The van der Waals surface area contributed by atoms with E-state index in [1.165, 1.54) is 13.0 Å². The van der Waals surface area contributed by atoms with E-state index in [9.17, 15) is 22.8 Å². The third kappa shape index (κ3) is 5.47. The van der Waals surface area contributed by atoms with Crippen LogP contribution in [-0.2, 0) is 9.53 Å². The van der Waals surface area contributed by atoms with Crippen LogP contribution >= 0.6 is 0 Å². The average Bonchev–Trinajstić information content (AvgIpc) is 2.52. The predicted octanol–water partition coefficient (Wildman–Crippen LogP) is 1.58. The van der Waals surface area contributed by atoms with E-state index in [4.69, 9.17) is 0 Å². The molecule has 2 rings (SSSR count). The first-order valence-electron chi connectivity index (χ1n) is 7.43. The first kappa shape index (κ1) is 18.7. The molecule has 0 radical (unpaired) electrons.